The summed E-state index contributed by atoms with van der Waals surface area (Å²) in [5.41, 5.74) is 2.84. The number of carbonyl (C=O) groups excluding carboxylic acids is 1. The fourth-order valence-electron chi connectivity index (χ4n) is 3.11. The average molecular weight is 428 g/mol. The minimum Gasteiger partial charge on any atom is -0.493 e. The fourth-order valence-corrected chi connectivity index (χ4v) is 3.11. The van der Waals surface area contributed by atoms with Gasteiger partial charge in [-0.2, -0.15) is 5.26 Å². The molecule has 0 saturated heterocycles. The summed E-state index contributed by atoms with van der Waals surface area (Å²) in [6.07, 6.45) is 1.50. The van der Waals surface area contributed by atoms with Gasteiger partial charge in [0.25, 0.3) is 0 Å². The zero-order valence-electron chi connectivity index (χ0n) is 18.1. The maximum absolute atomic E-state index is 13.1. The van der Waals surface area contributed by atoms with Gasteiger partial charge in [-0.3, -0.25) is 4.79 Å². The van der Waals surface area contributed by atoms with Crippen molar-refractivity contribution in [3.8, 4) is 17.6 Å². The Bertz CT molecular complexity index is 1130. The molecule has 3 aromatic carbocycles. The molecule has 0 aromatic heterocycles. The molecule has 0 atom stereocenters. The number of benzene rings is 3. The van der Waals surface area contributed by atoms with Crippen molar-refractivity contribution >= 4 is 12.0 Å². The summed E-state index contributed by atoms with van der Waals surface area (Å²) in [5, 5.41) is 13.2. The number of nitrogens with zero attached hydrogens (tertiary/aromatic N) is 2. The van der Waals surface area contributed by atoms with E-state index in [1.807, 2.05) is 44.2 Å². The van der Waals surface area contributed by atoms with Crippen LogP contribution in [0.5, 0.6) is 11.5 Å². The topological polar surface area (TPSA) is 80.9 Å². The summed E-state index contributed by atoms with van der Waals surface area (Å²) < 4.78 is 11.5. The predicted octanol–water partition coefficient (Wildman–Crippen LogP) is 5.14. The first-order valence-corrected chi connectivity index (χ1v) is 10.3. The number of carbonyl (C=O) groups is 1. The summed E-state index contributed by atoms with van der Waals surface area (Å²) in [6, 6.07) is 21.7. The predicted molar refractivity (Wildman–Crippen MR) is 122 cm³/mol. The van der Waals surface area contributed by atoms with Crippen LogP contribution < -0.4 is 9.47 Å². The Morgan fingerprint density at radius 2 is 1.66 bits per heavy atom. The highest BCUT2D eigenvalue weighted by Gasteiger charge is 2.18. The molecule has 3 rings (SSSR count). The number of ether oxygens (including phenoxy) is 2. The van der Waals surface area contributed by atoms with Crippen molar-refractivity contribution in [1.29, 1.82) is 5.26 Å². The Hall–Kier alpha value is -4.11. The van der Waals surface area contributed by atoms with E-state index in [2.05, 4.69) is 11.2 Å². The first-order chi connectivity index (χ1) is 15.7. The van der Waals surface area contributed by atoms with E-state index in [1.54, 1.807) is 36.4 Å². The van der Waals surface area contributed by atoms with E-state index in [4.69, 9.17) is 14.3 Å². The number of nitriles is 1. The van der Waals surface area contributed by atoms with Gasteiger partial charge in [0.15, 0.2) is 5.78 Å². The molecule has 0 saturated carbocycles. The maximum Gasteiger partial charge on any atom is 0.196 e. The fraction of sp³-hybridized carbons (Fsp3) is 0.192. The summed E-state index contributed by atoms with van der Waals surface area (Å²) >= 11 is 0. The van der Waals surface area contributed by atoms with E-state index < -0.39 is 0 Å². The van der Waals surface area contributed by atoms with Gasteiger partial charge in [-0.1, -0.05) is 53.7 Å². The zero-order valence-corrected chi connectivity index (χ0v) is 18.1. The molecule has 32 heavy (non-hydrogen) atoms. The Kier molecular flexibility index (Phi) is 7.99. The van der Waals surface area contributed by atoms with Crippen molar-refractivity contribution in [2.24, 2.45) is 5.16 Å². The monoisotopic (exact) mass is 428 g/mol. The van der Waals surface area contributed by atoms with E-state index in [9.17, 15) is 10.1 Å². The van der Waals surface area contributed by atoms with Gasteiger partial charge >= 0.3 is 0 Å². The summed E-state index contributed by atoms with van der Waals surface area (Å²) in [7, 11) is 0. The number of hydrogen-bond acceptors (Lipinski definition) is 6. The number of hydrogen-bond donors (Lipinski definition) is 0. The first kappa shape index (κ1) is 22.6. The molecule has 0 radical (unpaired) electrons. The maximum atomic E-state index is 13.1. The van der Waals surface area contributed by atoms with Crippen LogP contribution in [0.25, 0.3) is 0 Å². The molecule has 0 aliphatic heterocycles. The van der Waals surface area contributed by atoms with Crippen molar-refractivity contribution < 1.29 is 19.1 Å². The van der Waals surface area contributed by atoms with Crippen LogP contribution in [-0.2, 0) is 11.4 Å². The second kappa shape index (κ2) is 11.3. The summed E-state index contributed by atoms with van der Waals surface area (Å²) in [6.45, 7) is 4.74. The third-order valence-electron chi connectivity index (χ3n) is 4.62. The normalized spacial score (nSPS) is 10.5. The van der Waals surface area contributed by atoms with Gasteiger partial charge in [0.1, 0.15) is 18.1 Å². The highest BCUT2D eigenvalue weighted by atomic mass is 16.6. The molecule has 6 nitrogen and oxygen atoms in total. The van der Waals surface area contributed by atoms with Crippen LogP contribution in [0.15, 0.2) is 71.9 Å². The molecule has 0 fully saturated rings. The van der Waals surface area contributed by atoms with Gasteiger partial charge in [-0.15, -0.1) is 0 Å². The molecule has 0 aliphatic carbocycles. The van der Waals surface area contributed by atoms with E-state index in [0.29, 0.717) is 47.0 Å². The third-order valence-corrected chi connectivity index (χ3v) is 4.62. The number of ketones is 1. The molecular formula is C26H24N2O4. The highest BCUT2D eigenvalue weighted by molar-refractivity contribution is 6.11. The molecule has 0 heterocycles. The highest BCUT2D eigenvalue weighted by Crippen LogP contribution is 2.30. The molecule has 3 aromatic rings. The van der Waals surface area contributed by atoms with Gasteiger partial charge < -0.3 is 14.3 Å². The van der Waals surface area contributed by atoms with Crippen LogP contribution in [0, 0.1) is 11.3 Å². The van der Waals surface area contributed by atoms with Crippen LogP contribution in [0.4, 0.5) is 0 Å². The standard InChI is InChI=1S/C26H24N2O4/c1-3-30-24-15-25(31-4-2)23(26(29)19-10-6-5-7-11-19)14-22(24)17-28-32-18-21-13-9-8-12-20(21)16-27/h5-15,17H,3-4,18H2,1-2H3/b28-17-. The molecule has 0 N–H and O–H groups in total. The average Bonchev–Trinajstić information content (AvgIpc) is 2.83. The van der Waals surface area contributed by atoms with Crippen molar-refractivity contribution in [1.82, 2.24) is 0 Å². The SMILES string of the molecule is CCOc1cc(OCC)c(C(=O)c2ccccc2)cc1/C=N\OCc1ccccc1C#N. The Morgan fingerprint density at radius 3 is 2.38 bits per heavy atom. The Morgan fingerprint density at radius 1 is 0.969 bits per heavy atom. The lowest BCUT2D eigenvalue weighted by Gasteiger charge is -2.14. The van der Waals surface area contributed by atoms with E-state index in [1.165, 1.54) is 6.21 Å². The van der Waals surface area contributed by atoms with Gasteiger partial charge in [0.05, 0.1) is 36.6 Å². The first-order valence-electron chi connectivity index (χ1n) is 10.3. The second-order valence-electron chi connectivity index (χ2n) is 6.72. The van der Waals surface area contributed by atoms with Gasteiger partial charge in [-0.25, -0.2) is 0 Å². The molecule has 0 aliphatic rings. The molecule has 6 heteroatoms. The Balaban J connectivity index is 1.90. The van der Waals surface area contributed by atoms with Gasteiger partial charge in [-0.05, 0) is 26.0 Å². The van der Waals surface area contributed by atoms with Crippen molar-refractivity contribution in [3.63, 3.8) is 0 Å². The van der Waals surface area contributed by atoms with Crippen LogP contribution in [0.2, 0.25) is 0 Å². The van der Waals surface area contributed by atoms with E-state index in [-0.39, 0.29) is 12.4 Å². The van der Waals surface area contributed by atoms with E-state index >= 15 is 0 Å². The van der Waals surface area contributed by atoms with Crippen molar-refractivity contribution in [2.45, 2.75) is 20.5 Å². The van der Waals surface area contributed by atoms with Crippen LogP contribution in [0.1, 0.15) is 46.5 Å². The smallest absolute Gasteiger partial charge is 0.196 e. The van der Waals surface area contributed by atoms with E-state index in [0.717, 1.165) is 5.56 Å². The third kappa shape index (κ3) is 5.52. The number of oxime groups is 1. The lowest BCUT2D eigenvalue weighted by molar-refractivity contribution is 0.103. The van der Waals surface area contributed by atoms with Crippen molar-refractivity contribution in [2.75, 3.05) is 13.2 Å². The minimum atomic E-state index is -0.157. The minimum absolute atomic E-state index is 0.150. The van der Waals surface area contributed by atoms with Crippen molar-refractivity contribution in [3.05, 3.63) is 94.5 Å². The quantitative estimate of drug-likeness (QED) is 0.254. The lowest BCUT2D eigenvalue weighted by Crippen LogP contribution is -2.08. The molecule has 0 unspecified atom stereocenters. The van der Waals surface area contributed by atoms with Gasteiger partial charge in [0, 0.05) is 22.8 Å². The second-order valence-corrected chi connectivity index (χ2v) is 6.72. The van der Waals surface area contributed by atoms with Crippen LogP contribution in [-0.4, -0.2) is 25.2 Å². The summed E-state index contributed by atoms with van der Waals surface area (Å²) in [4.78, 5) is 18.5. The molecule has 0 bridgehead atoms. The van der Waals surface area contributed by atoms with Crippen LogP contribution >= 0.6 is 0 Å². The largest absolute Gasteiger partial charge is 0.493 e. The molecular weight excluding hydrogens is 404 g/mol. The molecule has 162 valence electrons. The van der Waals surface area contributed by atoms with Crippen LogP contribution in [0.3, 0.4) is 0 Å². The number of rotatable bonds is 10. The molecule has 0 spiro atoms. The Labute approximate surface area is 187 Å². The summed E-state index contributed by atoms with van der Waals surface area (Å²) in [5.74, 6) is 0.826. The van der Waals surface area contributed by atoms with Gasteiger partial charge in [0.2, 0.25) is 0 Å². The zero-order chi connectivity index (χ0) is 22.8. The molecule has 0 amide bonds. The lowest BCUT2D eigenvalue weighted by atomic mass is 10.00.